The van der Waals surface area contributed by atoms with Gasteiger partial charge in [-0.3, -0.25) is 0 Å². The summed E-state index contributed by atoms with van der Waals surface area (Å²) in [5.41, 5.74) is 3.18. The maximum absolute atomic E-state index is 5.49. The molecule has 0 saturated carbocycles. The number of H-pyrrole nitrogens is 1. The minimum Gasteiger partial charge on any atom is -0.495 e. The third kappa shape index (κ3) is 2.54. The Balaban J connectivity index is 1.55. The van der Waals surface area contributed by atoms with Crippen molar-refractivity contribution >= 4 is 22.5 Å². The molecule has 1 N–H and O–H groups in total. The van der Waals surface area contributed by atoms with Gasteiger partial charge in [0.25, 0.3) is 0 Å². The normalized spacial score (nSPS) is 15.1. The number of aromatic amines is 1. The molecule has 1 aromatic carbocycles. The van der Waals surface area contributed by atoms with Crippen LogP contribution in [0, 0.1) is 6.92 Å². The number of para-hydroxylation sites is 2. The van der Waals surface area contributed by atoms with Crippen LogP contribution in [0.25, 0.3) is 11.0 Å². The van der Waals surface area contributed by atoms with Crippen LogP contribution in [-0.4, -0.2) is 48.2 Å². The van der Waals surface area contributed by atoms with Gasteiger partial charge in [0.2, 0.25) is 0 Å². The van der Waals surface area contributed by atoms with E-state index in [0.717, 1.165) is 60.2 Å². The van der Waals surface area contributed by atoms with Crippen molar-refractivity contribution < 1.29 is 4.74 Å². The van der Waals surface area contributed by atoms with Gasteiger partial charge >= 0.3 is 0 Å². The number of fused-ring (bicyclic) bond motifs is 1. The summed E-state index contributed by atoms with van der Waals surface area (Å²) in [7, 11) is 1.72. The predicted octanol–water partition coefficient (Wildman–Crippen LogP) is 2.60. The molecule has 0 amide bonds. The van der Waals surface area contributed by atoms with Gasteiger partial charge in [-0.2, -0.15) is 0 Å². The molecule has 0 spiro atoms. The molecule has 4 rings (SSSR count). The first-order chi connectivity index (χ1) is 11.8. The first-order valence-electron chi connectivity index (χ1n) is 8.19. The summed E-state index contributed by atoms with van der Waals surface area (Å²) in [6.07, 6.45) is 1.64. The van der Waals surface area contributed by atoms with E-state index in [1.165, 1.54) is 0 Å². The number of aryl methyl sites for hydroxylation is 1. The maximum atomic E-state index is 5.49. The summed E-state index contributed by atoms with van der Waals surface area (Å²) < 4.78 is 5.49. The lowest BCUT2D eigenvalue weighted by Gasteiger charge is -2.37. The molecule has 0 atom stereocenters. The highest BCUT2D eigenvalue weighted by Gasteiger charge is 2.22. The Morgan fingerprint density at radius 1 is 1.04 bits per heavy atom. The molecular weight excluding hydrogens is 302 g/mol. The summed E-state index contributed by atoms with van der Waals surface area (Å²) in [4.78, 5) is 16.8. The molecule has 0 bridgehead atoms. The highest BCUT2D eigenvalue weighted by atomic mass is 16.5. The summed E-state index contributed by atoms with van der Waals surface area (Å²) in [6.45, 7) is 5.78. The van der Waals surface area contributed by atoms with Crippen molar-refractivity contribution in [1.82, 2.24) is 15.0 Å². The Morgan fingerprint density at radius 2 is 1.79 bits per heavy atom. The van der Waals surface area contributed by atoms with Crippen LogP contribution < -0.4 is 14.5 Å². The smallest absolute Gasteiger partial charge is 0.143 e. The fourth-order valence-corrected chi connectivity index (χ4v) is 3.36. The Kier molecular flexibility index (Phi) is 3.72. The van der Waals surface area contributed by atoms with Crippen molar-refractivity contribution in [2.75, 3.05) is 43.1 Å². The molecule has 3 heterocycles. The zero-order valence-electron chi connectivity index (χ0n) is 14.0. The van der Waals surface area contributed by atoms with Crippen molar-refractivity contribution in [1.29, 1.82) is 0 Å². The number of hydrogen-bond acceptors (Lipinski definition) is 5. The fraction of sp³-hybridized carbons (Fsp3) is 0.333. The van der Waals surface area contributed by atoms with E-state index in [1.54, 1.807) is 13.4 Å². The molecule has 1 aliphatic heterocycles. The second-order valence-electron chi connectivity index (χ2n) is 6.06. The van der Waals surface area contributed by atoms with Gasteiger partial charge in [-0.15, -0.1) is 0 Å². The monoisotopic (exact) mass is 323 g/mol. The van der Waals surface area contributed by atoms with Crippen LogP contribution in [0.2, 0.25) is 0 Å². The number of nitrogens with zero attached hydrogens (tertiary/aromatic N) is 4. The lowest BCUT2D eigenvalue weighted by Crippen LogP contribution is -2.47. The van der Waals surface area contributed by atoms with E-state index in [-0.39, 0.29) is 0 Å². The molecule has 3 aromatic rings. The number of anilines is 2. The fourth-order valence-electron chi connectivity index (χ4n) is 3.36. The van der Waals surface area contributed by atoms with Crippen LogP contribution in [0.3, 0.4) is 0 Å². The lowest BCUT2D eigenvalue weighted by atomic mass is 10.2. The third-order valence-electron chi connectivity index (χ3n) is 4.54. The van der Waals surface area contributed by atoms with Gasteiger partial charge in [0.05, 0.1) is 18.2 Å². The minimum absolute atomic E-state index is 0.907. The summed E-state index contributed by atoms with van der Waals surface area (Å²) >= 11 is 0. The molecule has 6 nitrogen and oxygen atoms in total. The second kappa shape index (κ2) is 6.03. The van der Waals surface area contributed by atoms with Crippen molar-refractivity contribution in [3.63, 3.8) is 0 Å². The highest BCUT2D eigenvalue weighted by Crippen LogP contribution is 2.30. The van der Waals surface area contributed by atoms with Gasteiger partial charge in [-0.1, -0.05) is 12.1 Å². The SMILES string of the molecule is COc1ccccc1N1CCN(c2ncnc3[nH]c(C)cc23)CC1. The van der Waals surface area contributed by atoms with E-state index in [2.05, 4.69) is 43.0 Å². The van der Waals surface area contributed by atoms with Crippen molar-refractivity contribution in [2.24, 2.45) is 0 Å². The summed E-state index contributed by atoms with van der Waals surface area (Å²) in [5, 5.41) is 1.10. The number of piperazine rings is 1. The lowest BCUT2D eigenvalue weighted by molar-refractivity contribution is 0.413. The molecule has 1 fully saturated rings. The zero-order chi connectivity index (χ0) is 16.5. The van der Waals surface area contributed by atoms with E-state index in [4.69, 9.17) is 4.74 Å². The number of ether oxygens (including phenoxy) is 1. The number of aromatic nitrogens is 3. The second-order valence-corrected chi connectivity index (χ2v) is 6.06. The average molecular weight is 323 g/mol. The van der Waals surface area contributed by atoms with Crippen molar-refractivity contribution in [3.05, 3.63) is 42.4 Å². The largest absolute Gasteiger partial charge is 0.495 e. The standard InChI is InChI=1S/C18H21N5O/c1-13-11-14-17(21-13)19-12-20-18(14)23-9-7-22(8-10-23)15-5-3-4-6-16(15)24-2/h3-6,11-12H,7-10H2,1-2H3,(H,19,20,21). The number of benzene rings is 1. The van der Waals surface area contributed by atoms with Gasteiger partial charge in [0.1, 0.15) is 23.5 Å². The highest BCUT2D eigenvalue weighted by molar-refractivity contribution is 5.88. The van der Waals surface area contributed by atoms with Crippen LogP contribution in [0.1, 0.15) is 5.69 Å². The molecule has 1 saturated heterocycles. The van der Waals surface area contributed by atoms with E-state index >= 15 is 0 Å². The minimum atomic E-state index is 0.907. The topological polar surface area (TPSA) is 57.3 Å². The molecule has 0 radical (unpaired) electrons. The summed E-state index contributed by atoms with van der Waals surface area (Å²) in [5.74, 6) is 1.95. The molecule has 1 aliphatic rings. The maximum Gasteiger partial charge on any atom is 0.143 e. The third-order valence-corrected chi connectivity index (χ3v) is 4.54. The number of nitrogens with one attached hydrogen (secondary N) is 1. The van der Waals surface area contributed by atoms with Crippen molar-refractivity contribution in [3.8, 4) is 5.75 Å². The van der Waals surface area contributed by atoms with Crippen molar-refractivity contribution in [2.45, 2.75) is 6.92 Å². The molecule has 124 valence electrons. The van der Waals surface area contributed by atoms with E-state index in [9.17, 15) is 0 Å². The number of rotatable bonds is 3. The first-order valence-corrected chi connectivity index (χ1v) is 8.19. The molecule has 0 unspecified atom stereocenters. The molecule has 6 heteroatoms. The van der Waals surface area contributed by atoms with E-state index < -0.39 is 0 Å². The van der Waals surface area contributed by atoms with Gasteiger partial charge in [-0.25, -0.2) is 9.97 Å². The molecule has 2 aromatic heterocycles. The summed E-state index contributed by atoms with van der Waals surface area (Å²) in [6, 6.07) is 10.3. The van der Waals surface area contributed by atoms with Gasteiger partial charge in [-0.05, 0) is 25.1 Å². The van der Waals surface area contributed by atoms with Crippen LogP contribution in [0.15, 0.2) is 36.7 Å². The van der Waals surface area contributed by atoms with Gasteiger partial charge in [0.15, 0.2) is 0 Å². The van der Waals surface area contributed by atoms with Crippen LogP contribution in [0.4, 0.5) is 11.5 Å². The molecule has 0 aliphatic carbocycles. The number of hydrogen-bond donors (Lipinski definition) is 1. The molecular formula is C18H21N5O. The Bertz CT molecular complexity index is 851. The zero-order valence-corrected chi connectivity index (χ0v) is 14.0. The number of methoxy groups -OCH3 is 1. The van der Waals surface area contributed by atoms with Crippen LogP contribution >= 0.6 is 0 Å². The van der Waals surface area contributed by atoms with E-state index in [0.29, 0.717) is 0 Å². The predicted molar refractivity (Wildman–Crippen MR) is 96.0 cm³/mol. The average Bonchev–Trinajstić information content (AvgIpc) is 3.02. The molecule has 24 heavy (non-hydrogen) atoms. The van der Waals surface area contributed by atoms with Crippen LogP contribution in [-0.2, 0) is 0 Å². The van der Waals surface area contributed by atoms with Crippen LogP contribution in [0.5, 0.6) is 5.75 Å². The Morgan fingerprint density at radius 3 is 2.58 bits per heavy atom. The quantitative estimate of drug-likeness (QED) is 0.803. The van der Waals surface area contributed by atoms with Gasteiger partial charge < -0.3 is 19.5 Å². The van der Waals surface area contributed by atoms with Gasteiger partial charge in [0, 0.05) is 31.9 Å². The Labute approximate surface area is 141 Å². The Hall–Kier alpha value is -2.76. The first kappa shape index (κ1) is 14.8. The van der Waals surface area contributed by atoms with E-state index in [1.807, 2.05) is 19.1 Å².